The van der Waals surface area contributed by atoms with Crippen LogP contribution >= 0.6 is 0 Å². The van der Waals surface area contributed by atoms with Gasteiger partial charge in [0.15, 0.2) is 5.78 Å². The molecule has 0 amide bonds. The highest BCUT2D eigenvalue weighted by atomic mass is 16.1. The summed E-state index contributed by atoms with van der Waals surface area (Å²) in [4.78, 5) is 16.2. The summed E-state index contributed by atoms with van der Waals surface area (Å²) in [5, 5.41) is 3.95. The van der Waals surface area contributed by atoms with Crippen LogP contribution < -0.4 is 5.73 Å². The van der Waals surface area contributed by atoms with E-state index in [4.69, 9.17) is 5.73 Å². The minimum atomic E-state index is -0.0588. The zero-order valence-electron chi connectivity index (χ0n) is 9.92. The van der Waals surface area contributed by atoms with E-state index in [2.05, 4.69) is 10.1 Å². The second-order valence-corrected chi connectivity index (χ2v) is 3.80. The van der Waals surface area contributed by atoms with Gasteiger partial charge in [0.2, 0.25) is 0 Å². The SMILES string of the molecule is CCn1ccnc1CC(=O)c1cnn(C)c1N. The smallest absolute Gasteiger partial charge is 0.175 e. The lowest BCUT2D eigenvalue weighted by atomic mass is 10.1. The summed E-state index contributed by atoms with van der Waals surface area (Å²) in [6, 6.07) is 0. The Kier molecular flexibility index (Phi) is 2.95. The average Bonchev–Trinajstić information content (AvgIpc) is 2.87. The number of nitrogens with zero attached hydrogens (tertiary/aromatic N) is 4. The molecule has 0 aliphatic rings. The van der Waals surface area contributed by atoms with Crippen LogP contribution in [0.5, 0.6) is 0 Å². The van der Waals surface area contributed by atoms with Crippen LogP contribution in [0.15, 0.2) is 18.6 Å². The molecule has 0 aromatic carbocycles. The Morgan fingerprint density at radius 2 is 2.29 bits per heavy atom. The molecule has 90 valence electrons. The van der Waals surface area contributed by atoms with Gasteiger partial charge in [0.25, 0.3) is 0 Å². The summed E-state index contributed by atoms with van der Waals surface area (Å²) in [7, 11) is 1.71. The van der Waals surface area contributed by atoms with E-state index in [0.717, 1.165) is 12.4 Å². The number of carbonyl (C=O) groups is 1. The van der Waals surface area contributed by atoms with Crippen LogP contribution in [0.1, 0.15) is 23.1 Å². The van der Waals surface area contributed by atoms with Gasteiger partial charge < -0.3 is 10.3 Å². The molecule has 6 heteroatoms. The Bertz CT molecular complexity index is 540. The molecule has 0 saturated carbocycles. The van der Waals surface area contributed by atoms with Gasteiger partial charge in [-0.1, -0.05) is 0 Å². The van der Waals surface area contributed by atoms with Gasteiger partial charge in [-0.15, -0.1) is 0 Å². The maximum atomic E-state index is 12.0. The van der Waals surface area contributed by atoms with Gasteiger partial charge in [-0.3, -0.25) is 9.48 Å². The van der Waals surface area contributed by atoms with Crippen LogP contribution in [0.3, 0.4) is 0 Å². The number of aryl methyl sites for hydroxylation is 2. The van der Waals surface area contributed by atoms with Crippen LogP contribution in [-0.4, -0.2) is 25.1 Å². The first-order chi connectivity index (χ1) is 8.13. The fourth-order valence-corrected chi connectivity index (χ4v) is 1.70. The van der Waals surface area contributed by atoms with Crippen molar-refractivity contribution >= 4 is 11.6 Å². The number of anilines is 1. The van der Waals surface area contributed by atoms with Crippen molar-refractivity contribution in [3.8, 4) is 0 Å². The van der Waals surface area contributed by atoms with Crippen molar-refractivity contribution in [2.75, 3.05) is 5.73 Å². The summed E-state index contributed by atoms with van der Waals surface area (Å²) < 4.78 is 3.42. The van der Waals surface area contributed by atoms with E-state index in [1.165, 1.54) is 10.9 Å². The maximum absolute atomic E-state index is 12.0. The number of aromatic nitrogens is 4. The van der Waals surface area contributed by atoms with Gasteiger partial charge >= 0.3 is 0 Å². The number of Topliss-reactive ketones (excluding diaryl/α,β-unsaturated/α-hetero) is 1. The van der Waals surface area contributed by atoms with E-state index in [0.29, 0.717) is 11.4 Å². The molecular weight excluding hydrogens is 218 g/mol. The van der Waals surface area contributed by atoms with Gasteiger partial charge in [0.05, 0.1) is 18.2 Å². The third kappa shape index (κ3) is 2.06. The third-order valence-electron chi connectivity index (χ3n) is 2.75. The number of hydrogen-bond donors (Lipinski definition) is 1. The number of nitrogens with two attached hydrogens (primary N) is 1. The van der Waals surface area contributed by atoms with Gasteiger partial charge in [0.1, 0.15) is 11.6 Å². The molecule has 2 aromatic heterocycles. The predicted molar refractivity (Wildman–Crippen MR) is 63.6 cm³/mol. The van der Waals surface area contributed by atoms with E-state index < -0.39 is 0 Å². The summed E-state index contributed by atoms with van der Waals surface area (Å²) >= 11 is 0. The molecule has 0 aliphatic carbocycles. The Morgan fingerprint density at radius 1 is 1.53 bits per heavy atom. The van der Waals surface area contributed by atoms with E-state index in [1.807, 2.05) is 17.7 Å². The van der Waals surface area contributed by atoms with Crippen LogP contribution in [0, 0.1) is 0 Å². The minimum Gasteiger partial charge on any atom is -0.383 e. The molecule has 0 bridgehead atoms. The first-order valence-corrected chi connectivity index (χ1v) is 5.44. The van der Waals surface area contributed by atoms with Crippen LogP contribution in [0.4, 0.5) is 5.82 Å². The molecule has 6 nitrogen and oxygen atoms in total. The highest BCUT2D eigenvalue weighted by molar-refractivity contribution is 6.00. The fraction of sp³-hybridized carbons (Fsp3) is 0.364. The Hall–Kier alpha value is -2.11. The molecule has 0 unspecified atom stereocenters. The molecule has 0 aliphatic heterocycles. The highest BCUT2D eigenvalue weighted by Gasteiger charge is 2.16. The molecule has 2 N–H and O–H groups in total. The zero-order valence-corrected chi connectivity index (χ0v) is 9.92. The minimum absolute atomic E-state index is 0.0588. The summed E-state index contributed by atoms with van der Waals surface area (Å²) in [6.45, 7) is 2.80. The first-order valence-electron chi connectivity index (χ1n) is 5.44. The van der Waals surface area contributed by atoms with Crippen molar-refractivity contribution in [1.82, 2.24) is 19.3 Å². The van der Waals surface area contributed by atoms with Gasteiger partial charge in [0, 0.05) is 26.0 Å². The molecule has 2 heterocycles. The molecule has 2 rings (SSSR count). The number of rotatable bonds is 4. The van der Waals surface area contributed by atoms with E-state index in [9.17, 15) is 4.79 Å². The lowest BCUT2D eigenvalue weighted by Gasteiger charge is -2.03. The van der Waals surface area contributed by atoms with E-state index >= 15 is 0 Å². The largest absolute Gasteiger partial charge is 0.383 e. The predicted octanol–water partition coefficient (Wildman–Crippen LogP) is 0.644. The van der Waals surface area contributed by atoms with Crippen LogP contribution in [0.2, 0.25) is 0 Å². The molecule has 0 saturated heterocycles. The van der Waals surface area contributed by atoms with Crippen molar-refractivity contribution in [1.29, 1.82) is 0 Å². The summed E-state index contributed by atoms with van der Waals surface area (Å²) in [6.07, 6.45) is 5.29. The number of nitrogen functional groups attached to an aromatic ring is 1. The number of carbonyl (C=O) groups excluding carboxylic acids is 1. The molecule has 17 heavy (non-hydrogen) atoms. The maximum Gasteiger partial charge on any atom is 0.175 e. The Balaban J connectivity index is 2.20. The van der Waals surface area contributed by atoms with Gasteiger partial charge in [-0.05, 0) is 6.92 Å². The molecule has 2 aromatic rings. The standard InChI is InChI=1S/C11H15N5O/c1-3-16-5-4-13-10(16)6-9(17)8-7-14-15(2)11(8)12/h4-5,7H,3,6,12H2,1-2H3. The number of ketones is 1. The molecule has 0 atom stereocenters. The van der Waals surface area contributed by atoms with Gasteiger partial charge in [-0.25, -0.2) is 4.98 Å². The fourth-order valence-electron chi connectivity index (χ4n) is 1.70. The van der Waals surface area contributed by atoms with E-state index in [-0.39, 0.29) is 12.2 Å². The van der Waals surface area contributed by atoms with Crippen molar-refractivity contribution < 1.29 is 4.79 Å². The van der Waals surface area contributed by atoms with Crippen molar-refractivity contribution in [3.05, 3.63) is 30.0 Å². The summed E-state index contributed by atoms with van der Waals surface area (Å²) in [5.41, 5.74) is 6.21. The second-order valence-electron chi connectivity index (χ2n) is 3.80. The first kappa shape index (κ1) is 11.4. The van der Waals surface area contributed by atoms with Crippen molar-refractivity contribution in [2.45, 2.75) is 19.9 Å². The molecule has 0 radical (unpaired) electrons. The zero-order chi connectivity index (χ0) is 12.4. The average molecular weight is 233 g/mol. The van der Waals surface area contributed by atoms with Crippen LogP contribution in [-0.2, 0) is 20.0 Å². The second kappa shape index (κ2) is 4.40. The Morgan fingerprint density at radius 3 is 2.88 bits per heavy atom. The topological polar surface area (TPSA) is 78.7 Å². The Labute approximate surface area is 99.1 Å². The van der Waals surface area contributed by atoms with Crippen molar-refractivity contribution in [3.63, 3.8) is 0 Å². The lowest BCUT2D eigenvalue weighted by Crippen LogP contribution is -2.11. The normalized spacial score (nSPS) is 10.7. The highest BCUT2D eigenvalue weighted by Crippen LogP contribution is 2.12. The lowest BCUT2D eigenvalue weighted by molar-refractivity contribution is 0.0990. The quantitative estimate of drug-likeness (QED) is 0.786. The molecule has 0 fully saturated rings. The van der Waals surface area contributed by atoms with E-state index in [1.54, 1.807) is 13.2 Å². The van der Waals surface area contributed by atoms with Gasteiger partial charge in [-0.2, -0.15) is 5.10 Å². The van der Waals surface area contributed by atoms with Crippen molar-refractivity contribution in [2.24, 2.45) is 7.05 Å². The van der Waals surface area contributed by atoms with Crippen LogP contribution in [0.25, 0.3) is 0 Å². The number of hydrogen-bond acceptors (Lipinski definition) is 4. The monoisotopic (exact) mass is 233 g/mol. The third-order valence-corrected chi connectivity index (χ3v) is 2.75. The molecular formula is C11H15N5O. The number of imidazole rings is 1. The molecule has 0 spiro atoms. The summed E-state index contributed by atoms with van der Waals surface area (Å²) in [5.74, 6) is 1.09.